The summed E-state index contributed by atoms with van der Waals surface area (Å²) in [5.41, 5.74) is 1.91. The van der Waals surface area contributed by atoms with Crippen molar-refractivity contribution in [3.63, 3.8) is 0 Å². The van der Waals surface area contributed by atoms with Crippen LogP contribution in [0.25, 0.3) is 0 Å². The van der Waals surface area contributed by atoms with Gasteiger partial charge in [-0.25, -0.2) is 14.8 Å². The fourth-order valence-corrected chi connectivity index (χ4v) is 3.96. The number of fused-ring (bicyclic) bond motifs is 1. The van der Waals surface area contributed by atoms with Gasteiger partial charge < -0.3 is 10.1 Å². The summed E-state index contributed by atoms with van der Waals surface area (Å²) in [4.78, 5) is 46.2. The third-order valence-corrected chi connectivity index (χ3v) is 5.51. The molecule has 2 heterocycles. The van der Waals surface area contributed by atoms with Gasteiger partial charge in [0.2, 0.25) is 5.91 Å². The van der Waals surface area contributed by atoms with E-state index in [2.05, 4.69) is 15.3 Å². The van der Waals surface area contributed by atoms with Gasteiger partial charge in [-0.2, -0.15) is 0 Å². The van der Waals surface area contributed by atoms with Crippen molar-refractivity contribution in [2.45, 2.75) is 53.5 Å². The van der Waals surface area contributed by atoms with Crippen molar-refractivity contribution in [3.8, 4) is 0 Å². The Hall–Kier alpha value is -2.55. The van der Waals surface area contributed by atoms with Crippen LogP contribution in [0.2, 0.25) is 0 Å². The van der Waals surface area contributed by atoms with E-state index in [0.29, 0.717) is 40.1 Å². The first-order valence-electron chi connectivity index (χ1n) is 9.29. The van der Waals surface area contributed by atoms with Gasteiger partial charge in [-0.05, 0) is 39.0 Å². The molecule has 2 aromatic heterocycles. The fourth-order valence-electron chi connectivity index (χ4n) is 3.08. The first-order chi connectivity index (χ1) is 13.3. The van der Waals surface area contributed by atoms with E-state index in [0.717, 1.165) is 29.9 Å². The Morgan fingerprint density at radius 3 is 2.71 bits per heavy atom. The number of carbonyl (C=O) groups is 2. The number of carbonyl (C=O) groups excluding carboxylic acids is 2. The molecule has 0 radical (unpaired) electrons. The molecule has 0 unspecified atom stereocenters. The number of hydrogen-bond acceptors (Lipinski definition) is 7. The number of thiazole rings is 1. The van der Waals surface area contributed by atoms with Crippen LogP contribution in [0.3, 0.4) is 0 Å². The molecule has 0 saturated heterocycles. The minimum atomic E-state index is -0.445. The van der Waals surface area contributed by atoms with Crippen LogP contribution in [0, 0.1) is 19.8 Å². The summed E-state index contributed by atoms with van der Waals surface area (Å²) >= 11 is 1.07. The summed E-state index contributed by atoms with van der Waals surface area (Å²) in [6, 6.07) is 0. The summed E-state index contributed by atoms with van der Waals surface area (Å²) in [6.45, 7) is 7.51. The van der Waals surface area contributed by atoms with Crippen LogP contribution >= 0.6 is 11.3 Å². The Morgan fingerprint density at radius 1 is 1.25 bits per heavy atom. The van der Waals surface area contributed by atoms with Crippen molar-refractivity contribution in [3.05, 3.63) is 38.0 Å². The lowest BCUT2D eigenvalue weighted by Gasteiger charge is -2.11. The maximum atomic E-state index is 12.6. The molecule has 150 valence electrons. The molecular weight excluding hydrogens is 380 g/mol. The number of amides is 1. The number of anilines is 1. The van der Waals surface area contributed by atoms with E-state index in [1.54, 1.807) is 13.8 Å². The highest BCUT2D eigenvalue weighted by molar-refractivity contribution is 7.17. The second kappa shape index (κ2) is 8.22. The highest BCUT2D eigenvalue weighted by Gasteiger charge is 2.22. The fraction of sp³-hybridized carbons (Fsp3) is 0.526. The normalized spacial score (nSPS) is 12.9. The SMILES string of the molecule is Cc1nc(NC(=O)Cn2c(C)nc3c(c2=O)CCC3)sc1C(=O)OCC(C)C. The van der Waals surface area contributed by atoms with Crippen LogP contribution in [-0.4, -0.2) is 33.0 Å². The van der Waals surface area contributed by atoms with E-state index in [1.807, 2.05) is 13.8 Å². The van der Waals surface area contributed by atoms with E-state index in [4.69, 9.17) is 4.74 Å². The van der Waals surface area contributed by atoms with Gasteiger partial charge in [-0.1, -0.05) is 25.2 Å². The molecule has 0 spiro atoms. The van der Waals surface area contributed by atoms with Crippen LogP contribution in [0.1, 0.15) is 52.7 Å². The second-order valence-corrected chi connectivity index (χ2v) is 8.30. The number of ether oxygens (including phenoxy) is 1. The number of aromatic nitrogens is 3. The summed E-state index contributed by atoms with van der Waals surface area (Å²) in [5.74, 6) is -0.0761. The Bertz CT molecular complexity index is 977. The second-order valence-electron chi connectivity index (χ2n) is 7.30. The number of hydrogen-bond donors (Lipinski definition) is 1. The highest BCUT2D eigenvalue weighted by Crippen LogP contribution is 2.24. The van der Waals surface area contributed by atoms with Crippen molar-refractivity contribution >= 4 is 28.3 Å². The molecule has 1 amide bonds. The van der Waals surface area contributed by atoms with Crippen LogP contribution < -0.4 is 10.9 Å². The molecule has 0 aliphatic heterocycles. The average molecular weight is 404 g/mol. The monoisotopic (exact) mass is 404 g/mol. The Balaban J connectivity index is 1.70. The van der Waals surface area contributed by atoms with Crippen molar-refractivity contribution in [1.82, 2.24) is 14.5 Å². The minimum Gasteiger partial charge on any atom is -0.461 e. The molecule has 0 fully saturated rings. The van der Waals surface area contributed by atoms with Crippen molar-refractivity contribution < 1.29 is 14.3 Å². The molecule has 3 rings (SSSR count). The lowest BCUT2D eigenvalue weighted by molar-refractivity contribution is -0.116. The first-order valence-corrected chi connectivity index (χ1v) is 10.1. The number of nitrogens with one attached hydrogen (secondary N) is 1. The van der Waals surface area contributed by atoms with E-state index >= 15 is 0 Å². The average Bonchev–Trinajstić information content (AvgIpc) is 3.22. The van der Waals surface area contributed by atoms with Crippen molar-refractivity contribution in [2.75, 3.05) is 11.9 Å². The summed E-state index contributed by atoms with van der Waals surface area (Å²) in [7, 11) is 0. The number of aryl methyl sites for hydroxylation is 3. The Kier molecular flexibility index (Phi) is 5.93. The molecule has 1 N–H and O–H groups in total. The standard InChI is InChI=1S/C19H24N4O4S/c1-10(2)9-27-18(26)16-11(3)20-19(28-16)22-15(24)8-23-12(4)21-14-7-5-6-13(14)17(23)25/h10H,5-9H2,1-4H3,(H,20,22,24). The lowest BCUT2D eigenvalue weighted by Crippen LogP contribution is -2.32. The van der Waals surface area contributed by atoms with E-state index < -0.39 is 5.97 Å². The smallest absolute Gasteiger partial charge is 0.350 e. The largest absolute Gasteiger partial charge is 0.461 e. The molecular formula is C19H24N4O4S. The van der Waals surface area contributed by atoms with Crippen LogP contribution in [0.15, 0.2) is 4.79 Å². The van der Waals surface area contributed by atoms with Crippen molar-refractivity contribution in [1.29, 1.82) is 0 Å². The van der Waals surface area contributed by atoms with Crippen LogP contribution in [0.4, 0.5) is 5.13 Å². The van der Waals surface area contributed by atoms with Gasteiger partial charge in [0.15, 0.2) is 5.13 Å². The summed E-state index contributed by atoms with van der Waals surface area (Å²) in [6.07, 6.45) is 2.43. The Morgan fingerprint density at radius 2 is 2.00 bits per heavy atom. The van der Waals surface area contributed by atoms with Gasteiger partial charge in [0, 0.05) is 5.56 Å². The topological polar surface area (TPSA) is 103 Å². The zero-order chi connectivity index (χ0) is 20.4. The molecule has 2 aromatic rings. The third-order valence-electron chi connectivity index (χ3n) is 4.46. The summed E-state index contributed by atoms with van der Waals surface area (Å²) < 4.78 is 6.61. The Labute approximate surface area is 167 Å². The predicted molar refractivity (Wildman–Crippen MR) is 106 cm³/mol. The zero-order valence-electron chi connectivity index (χ0n) is 16.5. The summed E-state index contributed by atoms with van der Waals surface area (Å²) in [5, 5.41) is 2.97. The van der Waals surface area contributed by atoms with Gasteiger partial charge in [-0.3, -0.25) is 14.2 Å². The maximum Gasteiger partial charge on any atom is 0.350 e. The van der Waals surface area contributed by atoms with Gasteiger partial charge >= 0.3 is 5.97 Å². The molecule has 8 nitrogen and oxygen atoms in total. The van der Waals surface area contributed by atoms with E-state index in [9.17, 15) is 14.4 Å². The van der Waals surface area contributed by atoms with Gasteiger partial charge in [-0.15, -0.1) is 0 Å². The quantitative estimate of drug-likeness (QED) is 0.741. The van der Waals surface area contributed by atoms with Crippen molar-refractivity contribution in [2.24, 2.45) is 5.92 Å². The van der Waals surface area contributed by atoms with Gasteiger partial charge in [0.25, 0.3) is 5.56 Å². The van der Waals surface area contributed by atoms with Crippen LogP contribution in [-0.2, 0) is 28.9 Å². The van der Waals surface area contributed by atoms with E-state index in [-0.39, 0.29) is 23.9 Å². The molecule has 0 atom stereocenters. The molecule has 0 saturated carbocycles. The molecule has 0 aromatic carbocycles. The van der Waals surface area contributed by atoms with Gasteiger partial charge in [0.05, 0.1) is 18.0 Å². The molecule has 1 aliphatic carbocycles. The molecule has 1 aliphatic rings. The van der Waals surface area contributed by atoms with E-state index in [1.165, 1.54) is 4.57 Å². The number of rotatable bonds is 6. The number of esters is 1. The maximum absolute atomic E-state index is 12.6. The van der Waals surface area contributed by atoms with Gasteiger partial charge in [0.1, 0.15) is 17.2 Å². The minimum absolute atomic E-state index is 0.142. The third kappa shape index (κ3) is 4.30. The molecule has 28 heavy (non-hydrogen) atoms. The lowest BCUT2D eigenvalue weighted by atomic mass is 10.2. The molecule has 0 bridgehead atoms. The number of nitrogens with zero attached hydrogens (tertiary/aromatic N) is 3. The zero-order valence-corrected chi connectivity index (χ0v) is 17.3. The van der Waals surface area contributed by atoms with Crippen LogP contribution in [0.5, 0.6) is 0 Å². The predicted octanol–water partition coefficient (Wildman–Crippen LogP) is 2.26. The first kappa shape index (κ1) is 20.2. The highest BCUT2D eigenvalue weighted by atomic mass is 32.1. The molecule has 9 heteroatoms.